The van der Waals surface area contributed by atoms with Gasteiger partial charge in [0.25, 0.3) is 0 Å². The number of halogens is 3. The molecule has 0 atom stereocenters. The minimum Gasteiger partial charge on any atom is -0.386 e. The zero-order valence-electron chi connectivity index (χ0n) is 12.5. The number of esters is 2. The Bertz CT molecular complexity index is 584. The smallest absolute Gasteiger partial charge is 0.386 e. The first-order chi connectivity index (χ1) is 10.8. The molecule has 1 fully saturated rings. The molecule has 23 heavy (non-hydrogen) atoms. The average Bonchev–Trinajstić information content (AvgIpc) is 2.47. The van der Waals surface area contributed by atoms with Crippen molar-refractivity contribution in [3.05, 3.63) is 18.1 Å². The van der Waals surface area contributed by atoms with Crippen LogP contribution >= 0.6 is 0 Å². The minimum absolute atomic E-state index is 0.109. The van der Waals surface area contributed by atoms with Crippen LogP contribution in [0.3, 0.4) is 0 Å². The van der Waals surface area contributed by atoms with Crippen LogP contribution in [0.2, 0.25) is 0 Å². The van der Waals surface area contributed by atoms with Crippen LogP contribution in [0.4, 0.5) is 19.0 Å². The number of aromatic nitrogens is 2. The van der Waals surface area contributed by atoms with Crippen LogP contribution in [0.1, 0.15) is 25.1 Å². The molecule has 1 saturated heterocycles. The highest BCUT2D eigenvalue weighted by Gasteiger charge is 2.42. The Morgan fingerprint density at radius 1 is 1.35 bits per heavy atom. The number of carbonyl (C=O) groups excluding carboxylic acids is 2. The molecule has 6 nitrogen and oxygen atoms in total. The van der Waals surface area contributed by atoms with E-state index in [-0.39, 0.29) is 12.3 Å². The largest absolute Gasteiger partial charge is 0.491 e. The fourth-order valence-corrected chi connectivity index (χ4v) is 2.42. The van der Waals surface area contributed by atoms with E-state index in [2.05, 4.69) is 14.7 Å². The lowest BCUT2D eigenvalue weighted by molar-refractivity contribution is -0.202. The number of carbonyl (C=O) groups is 2. The van der Waals surface area contributed by atoms with Crippen molar-refractivity contribution in [1.29, 1.82) is 0 Å². The van der Waals surface area contributed by atoms with Crippen LogP contribution in [0.5, 0.6) is 0 Å². The van der Waals surface area contributed by atoms with Crippen LogP contribution in [-0.4, -0.2) is 41.2 Å². The third-order valence-corrected chi connectivity index (χ3v) is 3.59. The number of ether oxygens (including phenoxy) is 1. The summed E-state index contributed by atoms with van der Waals surface area (Å²) in [5.41, 5.74) is 0. The molecule has 2 heterocycles. The maximum atomic E-state index is 12.0. The number of anilines is 1. The van der Waals surface area contributed by atoms with Crippen LogP contribution < -0.4 is 4.90 Å². The summed E-state index contributed by atoms with van der Waals surface area (Å²) in [6.45, 7) is 3.03. The van der Waals surface area contributed by atoms with Gasteiger partial charge in [0.05, 0.1) is 0 Å². The van der Waals surface area contributed by atoms with Crippen LogP contribution in [-0.2, 0) is 14.3 Å². The van der Waals surface area contributed by atoms with Gasteiger partial charge in [-0.3, -0.25) is 4.79 Å². The predicted octanol–water partition coefficient (Wildman–Crippen LogP) is 2.02. The van der Waals surface area contributed by atoms with Crippen LogP contribution in [0.25, 0.3) is 0 Å². The van der Waals surface area contributed by atoms with E-state index in [9.17, 15) is 22.8 Å². The van der Waals surface area contributed by atoms with Gasteiger partial charge < -0.3 is 9.64 Å². The molecule has 126 valence electrons. The molecule has 1 aromatic heterocycles. The summed E-state index contributed by atoms with van der Waals surface area (Å²) in [5.74, 6) is -2.27. The summed E-state index contributed by atoms with van der Waals surface area (Å²) in [7, 11) is 0. The fourth-order valence-electron chi connectivity index (χ4n) is 2.42. The van der Waals surface area contributed by atoms with Crippen molar-refractivity contribution in [2.24, 2.45) is 5.92 Å². The number of alkyl halides is 3. The lowest BCUT2D eigenvalue weighted by Gasteiger charge is -2.32. The zero-order chi connectivity index (χ0) is 17.0. The van der Waals surface area contributed by atoms with Crippen molar-refractivity contribution >= 4 is 17.8 Å². The second-order valence-corrected chi connectivity index (χ2v) is 5.36. The average molecular weight is 331 g/mol. The lowest BCUT2D eigenvalue weighted by Crippen LogP contribution is -2.36. The van der Waals surface area contributed by atoms with E-state index < -0.39 is 18.1 Å². The molecular weight excluding hydrogens is 315 g/mol. The molecule has 1 aliphatic heterocycles. The van der Waals surface area contributed by atoms with Gasteiger partial charge in [-0.25, -0.2) is 14.8 Å². The van der Waals surface area contributed by atoms with Crippen molar-refractivity contribution in [1.82, 2.24) is 9.97 Å². The van der Waals surface area contributed by atoms with E-state index in [4.69, 9.17) is 0 Å². The van der Waals surface area contributed by atoms with Crippen molar-refractivity contribution in [2.45, 2.75) is 32.4 Å². The van der Waals surface area contributed by atoms with Crippen LogP contribution in [0, 0.1) is 12.8 Å². The van der Waals surface area contributed by atoms with E-state index in [1.54, 1.807) is 19.2 Å². The SMILES string of the molecule is Cc1nccc(N2CCC(CC(=O)OC(=O)C(F)(F)F)CC2)n1. The third kappa shape index (κ3) is 4.90. The molecule has 0 bridgehead atoms. The lowest BCUT2D eigenvalue weighted by atomic mass is 9.93. The Morgan fingerprint density at radius 2 is 2.00 bits per heavy atom. The number of nitrogens with zero attached hydrogens (tertiary/aromatic N) is 3. The number of piperidine rings is 1. The number of aryl methyl sites for hydroxylation is 1. The quantitative estimate of drug-likeness (QED) is 0.623. The summed E-state index contributed by atoms with van der Waals surface area (Å²) >= 11 is 0. The van der Waals surface area contributed by atoms with Crippen molar-refractivity contribution < 1.29 is 27.5 Å². The monoisotopic (exact) mass is 331 g/mol. The topological polar surface area (TPSA) is 72.4 Å². The zero-order valence-corrected chi connectivity index (χ0v) is 12.5. The van der Waals surface area contributed by atoms with Gasteiger partial charge in [-0.1, -0.05) is 0 Å². The Balaban J connectivity index is 1.81. The van der Waals surface area contributed by atoms with Crippen molar-refractivity contribution in [3.8, 4) is 0 Å². The van der Waals surface area contributed by atoms with E-state index >= 15 is 0 Å². The number of hydrogen-bond donors (Lipinski definition) is 0. The van der Waals surface area contributed by atoms with Gasteiger partial charge in [-0.2, -0.15) is 13.2 Å². The molecule has 0 aliphatic carbocycles. The molecule has 0 N–H and O–H groups in total. The highest BCUT2D eigenvalue weighted by Crippen LogP contribution is 2.25. The number of rotatable bonds is 3. The molecular formula is C14H16F3N3O3. The van der Waals surface area contributed by atoms with E-state index in [0.717, 1.165) is 5.82 Å². The highest BCUT2D eigenvalue weighted by molar-refractivity contribution is 5.88. The van der Waals surface area contributed by atoms with Gasteiger partial charge in [0.15, 0.2) is 0 Å². The van der Waals surface area contributed by atoms with Gasteiger partial charge >= 0.3 is 18.1 Å². The first kappa shape index (κ1) is 17.2. The maximum Gasteiger partial charge on any atom is 0.491 e. The maximum absolute atomic E-state index is 12.0. The van der Waals surface area contributed by atoms with E-state index in [0.29, 0.717) is 31.8 Å². The molecule has 0 unspecified atom stereocenters. The van der Waals surface area contributed by atoms with Gasteiger partial charge in [0.1, 0.15) is 11.6 Å². The molecule has 1 aromatic rings. The minimum atomic E-state index is -5.15. The summed E-state index contributed by atoms with van der Waals surface area (Å²) in [4.78, 5) is 32.3. The second kappa shape index (κ2) is 6.93. The standard InChI is InChI=1S/C14H16F3N3O3/c1-9-18-5-2-11(19-9)20-6-3-10(4-7-20)8-12(21)23-13(22)14(15,16)17/h2,5,10H,3-4,6-8H2,1H3. The molecule has 0 spiro atoms. The fraction of sp³-hybridized carbons (Fsp3) is 0.571. The molecule has 0 aromatic carbocycles. The van der Waals surface area contributed by atoms with Crippen molar-refractivity contribution in [2.75, 3.05) is 18.0 Å². The summed E-state index contributed by atoms with van der Waals surface area (Å²) < 4.78 is 39.9. The third-order valence-electron chi connectivity index (χ3n) is 3.59. The van der Waals surface area contributed by atoms with Gasteiger partial charge in [-0.05, 0) is 31.7 Å². The Kier molecular flexibility index (Phi) is 5.17. The summed E-state index contributed by atoms with van der Waals surface area (Å²) in [5, 5.41) is 0. The number of hydrogen-bond acceptors (Lipinski definition) is 6. The molecule has 9 heteroatoms. The van der Waals surface area contributed by atoms with Crippen LogP contribution in [0.15, 0.2) is 12.3 Å². The second-order valence-electron chi connectivity index (χ2n) is 5.36. The van der Waals surface area contributed by atoms with Gasteiger partial charge in [0, 0.05) is 25.7 Å². The Morgan fingerprint density at radius 3 is 2.57 bits per heavy atom. The molecule has 2 rings (SSSR count). The summed E-state index contributed by atoms with van der Waals surface area (Å²) in [6, 6.07) is 1.78. The van der Waals surface area contributed by atoms with E-state index in [1.807, 2.05) is 4.90 Å². The summed E-state index contributed by atoms with van der Waals surface area (Å²) in [6.07, 6.45) is -2.47. The molecule has 0 radical (unpaired) electrons. The first-order valence-electron chi connectivity index (χ1n) is 7.12. The molecule has 0 amide bonds. The highest BCUT2D eigenvalue weighted by atomic mass is 19.4. The van der Waals surface area contributed by atoms with Gasteiger partial charge in [0.2, 0.25) is 0 Å². The Hall–Kier alpha value is -2.19. The van der Waals surface area contributed by atoms with E-state index in [1.165, 1.54) is 0 Å². The van der Waals surface area contributed by atoms with Crippen molar-refractivity contribution in [3.63, 3.8) is 0 Å². The molecule has 0 saturated carbocycles. The predicted molar refractivity (Wildman–Crippen MR) is 73.5 cm³/mol. The molecule has 1 aliphatic rings. The Labute approximate surface area is 130 Å². The van der Waals surface area contributed by atoms with Gasteiger partial charge in [-0.15, -0.1) is 0 Å². The first-order valence-corrected chi connectivity index (χ1v) is 7.12. The normalized spacial score (nSPS) is 16.3.